The molecule has 17 heavy (non-hydrogen) atoms. The van der Waals surface area contributed by atoms with Gasteiger partial charge >= 0.3 is 0 Å². The molecule has 0 radical (unpaired) electrons. The third kappa shape index (κ3) is 2.94. The topological polar surface area (TPSA) is 30.2 Å². The van der Waals surface area contributed by atoms with Crippen LogP contribution in [0.2, 0.25) is 0 Å². The zero-order valence-corrected chi connectivity index (χ0v) is 9.94. The largest absolute Gasteiger partial charge is 0.462 e. The van der Waals surface area contributed by atoms with Gasteiger partial charge in [0.2, 0.25) is 0 Å². The number of furan rings is 1. The summed E-state index contributed by atoms with van der Waals surface area (Å²) in [6, 6.07) is 11.2. The normalized spacial score (nSPS) is 10.9. The lowest BCUT2D eigenvalue weighted by Crippen LogP contribution is -1.93. The molecular formula is C15H14O2. The van der Waals surface area contributed by atoms with E-state index in [1.54, 1.807) is 6.08 Å². The van der Waals surface area contributed by atoms with Crippen LogP contribution in [-0.2, 0) is 0 Å². The lowest BCUT2D eigenvalue weighted by atomic mass is 10.1. The second kappa shape index (κ2) is 4.83. The number of allylic oxidation sites excluding steroid dienone is 1. The van der Waals surface area contributed by atoms with E-state index in [0.29, 0.717) is 11.3 Å². The molecule has 0 fully saturated rings. The van der Waals surface area contributed by atoms with Crippen molar-refractivity contribution in [3.8, 4) is 0 Å². The van der Waals surface area contributed by atoms with Crippen molar-refractivity contribution < 1.29 is 9.21 Å². The van der Waals surface area contributed by atoms with E-state index in [1.807, 2.05) is 50.2 Å². The number of ketones is 1. The number of hydrogen-bond donors (Lipinski definition) is 0. The summed E-state index contributed by atoms with van der Waals surface area (Å²) in [5.74, 6) is 1.52. The van der Waals surface area contributed by atoms with Gasteiger partial charge in [-0.05, 0) is 38.1 Å². The minimum absolute atomic E-state index is 0.0148. The van der Waals surface area contributed by atoms with Crippen molar-refractivity contribution in [3.63, 3.8) is 0 Å². The first kappa shape index (κ1) is 11.4. The Labute approximate surface area is 101 Å². The zero-order valence-electron chi connectivity index (χ0n) is 9.94. The highest BCUT2D eigenvalue weighted by atomic mass is 16.3. The van der Waals surface area contributed by atoms with E-state index in [0.717, 1.165) is 11.3 Å². The minimum atomic E-state index is -0.0148. The number of rotatable bonds is 3. The van der Waals surface area contributed by atoms with Crippen molar-refractivity contribution in [1.82, 2.24) is 0 Å². The molecule has 2 rings (SSSR count). The highest BCUT2D eigenvalue weighted by Gasteiger charge is 2.01. The van der Waals surface area contributed by atoms with Gasteiger partial charge < -0.3 is 4.42 Å². The Hall–Kier alpha value is -2.09. The van der Waals surface area contributed by atoms with Crippen molar-refractivity contribution in [1.29, 1.82) is 0 Å². The van der Waals surface area contributed by atoms with Gasteiger partial charge in [-0.25, -0.2) is 0 Å². The molecule has 1 heterocycles. The van der Waals surface area contributed by atoms with Crippen molar-refractivity contribution in [3.05, 3.63) is 65.1 Å². The number of aryl methyl sites for hydroxylation is 2. The van der Waals surface area contributed by atoms with Crippen LogP contribution in [0.4, 0.5) is 0 Å². The standard InChI is InChI=1S/C15H14O2/c1-11-3-6-13(7-4-11)15(16)10-9-14-8-5-12(2)17-14/h3-10H,1-2H3/b10-9+. The maximum absolute atomic E-state index is 11.8. The van der Waals surface area contributed by atoms with E-state index in [1.165, 1.54) is 6.08 Å². The van der Waals surface area contributed by atoms with Crippen LogP contribution in [0.5, 0.6) is 0 Å². The number of carbonyl (C=O) groups is 1. The molecule has 0 bridgehead atoms. The smallest absolute Gasteiger partial charge is 0.185 e. The van der Waals surface area contributed by atoms with E-state index < -0.39 is 0 Å². The summed E-state index contributed by atoms with van der Waals surface area (Å²) in [5, 5.41) is 0. The van der Waals surface area contributed by atoms with Gasteiger partial charge in [-0.15, -0.1) is 0 Å². The Morgan fingerprint density at radius 2 is 1.76 bits per heavy atom. The van der Waals surface area contributed by atoms with Gasteiger partial charge in [0, 0.05) is 5.56 Å². The van der Waals surface area contributed by atoms with E-state index in [4.69, 9.17) is 4.42 Å². The van der Waals surface area contributed by atoms with Crippen LogP contribution in [0.3, 0.4) is 0 Å². The average Bonchev–Trinajstić information content (AvgIpc) is 2.73. The highest BCUT2D eigenvalue weighted by molar-refractivity contribution is 6.06. The SMILES string of the molecule is Cc1ccc(C(=O)/C=C/c2ccc(C)o2)cc1. The van der Waals surface area contributed by atoms with E-state index in [2.05, 4.69) is 0 Å². The number of carbonyl (C=O) groups excluding carboxylic acids is 1. The average molecular weight is 226 g/mol. The lowest BCUT2D eigenvalue weighted by Gasteiger charge is -1.96. The molecule has 0 N–H and O–H groups in total. The third-order valence-electron chi connectivity index (χ3n) is 2.50. The fourth-order valence-electron chi connectivity index (χ4n) is 1.51. The first-order chi connectivity index (χ1) is 8.15. The van der Waals surface area contributed by atoms with Crippen LogP contribution >= 0.6 is 0 Å². The molecule has 2 heteroatoms. The molecule has 0 spiro atoms. The molecule has 86 valence electrons. The molecule has 0 unspecified atom stereocenters. The van der Waals surface area contributed by atoms with Crippen LogP contribution in [0, 0.1) is 13.8 Å². The summed E-state index contributed by atoms with van der Waals surface area (Å²) in [4.78, 5) is 11.8. The molecule has 0 aliphatic heterocycles. The molecule has 0 saturated carbocycles. The summed E-state index contributed by atoms with van der Waals surface area (Å²) in [7, 11) is 0. The molecule has 0 aliphatic carbocycles. The Kier molecular flexibility index (Phi) is 3.24. The van der Waals surface area contributed by atoms with Gasteiger partial charge in [-0.1, -0.05) is 29.8 Å². The van der Waals surface area contributed by atoms with Gasteiger partial charge in [0.25, 0.3) is 0 Å². The second-order valence-electron chi connectivity index (χ2n) is 4.01. The monoisotopic (exact) mass is 226 g/mol. The lowest BCUT2D eigenvalue weighted by molar-refractivity contribution is 0.104. The van der Waals surface area contributed by atoms with Crippen molar-refractivity contribution in [2.24, 2.45) is 0 Å². The molecule has 2 nitrogen and oxygen atoms in total. The maximum Gasteiger partial charge on any atom is 0.185 e. The highest BCUT2D eigenvalue weighted by Crippen LogP contribution is 2.10. The van der Waals surface area contributed by atoms with Gasteiger partial charge in [-0.2, -0.15) is 0 Å². The van der Waals surface area contributed by atoms with Gasteiger partial charge in [0.15, 0.2) is 5.78 Å². The first-order valence-corrected chi connectivity index (χ1v) is 5.51. The van der Waals surface area contributed by atoms with Crippen LogP contribution in [-0.4, -0.2) is 5.78 Å². The summed E-state index contributed by atoms with van der Waals surface area (Å²) >= 11 is 0. The Morgan fingerprint density at radius 1 is 1.06 bits per heavy atom. The molecule has 0 amide bonds. The molecule has 2 aromatic rings. The van der Waals surface area contributed by atoms with Crippen LogP contribution in [0.25, 0.3) is 6.08 Å². The molecule has 0 atom stereocenters. The predicted molar refractivity (Wildman–Crippen MR) is 68.0 cm³/mol. The fourth-order valence-corrected chi connectivity index (χ4v) is 1.51. The molecule has 1 aromatic heterocycles. The summed E-state index contributed by atoms with van der Waals surface area (Å²) in [6.45, 7) is 3.87. The predicted octanol–water partition coefficient (Wildman–Crippen LogP) is 3.79. The van der Waals surface area contributed by atoms with Crippen molar-refractivity contribution >= 4 is 11.9 Å². The van der Waals surface area contributed by atoms with Crippen molar-refractivity contribution in [2.75, 3.05) is 0 Å². The molecular weight excluding hydrogens is 212 g/mol. The summed E-state index contributed by atoms with van der Waals surface area (Å²) in [5.41, 5.74) is 1.84. The number of hydrogen-bond acceptors (Lipinski definition) is 2. The molecule has 0 aliphatic rings. The first-order valence-electron chi connectivity index (χ1n) is 5.51. The van der Waals surface area contributed by atoms with Gasteiger partial charge in [0.05, 0.1) is 0 Å². The summed E-state index contributed by atoms with van der Waals surface area (Å²) < 4.78 is 5.35. The molecule has 0 saturated heterocycles. The van der Waals surface area contributed by atoms with E-state index >= 15 is 0 Å². The van der Waals surface area contributed by atoms with E-state index in [-0.39, 0.29) is 5.78 Å². The molecule has 1 aromatic carbocycles. The van der Waals surface area contributed by atoms with Crippen LogP contribution in [0.15, 0.2) is 46.9 Å². The minimum Gasteiger partial charge on any atom is -0.462 e. The van der Waals surface area contributed by atoms with E-state index in [9.17, 15) is 4.79 Å². The Bertz CT molecular complexity index is 545. The van der Waals surface area contributed by atoms with Crippen LogP contribution < -0.4 is 0 Å². The quantitative estimate of drug-likeness (QED) is 0.588. The fraction of sp³-hybridized carbons (Fsp3) is 0.133. The number of benzene rings is 1. The third-order valence-corrected chi connectivity index (χ3v) is 2.50. The zero-order chi connectivity index (χ0) is 12.3. The van der Waals surface area contributed by atoms with Crippen molar-refractivity contribution in [2.45, 2.75) is 13.8 Å². The second-order valence-corrected chi connectivity index (χ2v) is 4.01. The maximum atomic E-state index is 11.8. The van der Waals surface area contributed by atoms with Gasteiger partial charge in [-0.3, -0.25) is 4.79 Å². The Balaban J connectivity index is 2.11. The Morgan fingerprint density at radius 3 is 2.35 bits per heavy atom. The summed E-state index contributed by atoms with van der Waals surface area (Å²) in [6.07, 6.45) is 3.22. The van der Waals surface area contributed by atoms with Gasteiger partial charge in [0.1, 0.15) is 11.5 Å². The van der Waals surface area contributed by atoms with Crippen LogP contribution in [0.1, 0.15) is 27.4 Å².